The topological polar surface area (TPSA) is 52.1 Å². The lowest BCUT2D eigenvalue weighted by Crippen LogP contribution is -2.09. The van der Waals surface area contributed by atoms with E-state index in [9.17, 15) is 4.79 Å². The molecule has 0 radical (unpaired) electrons. The van der Waals surface area contributed by atoms with Crippen molar-refractivity contribution in [2.45, 2.75) is 13.8 Å². The molecule has 4 nitrogen and oxygen atoms in total. The molecule has 114 valence electrons. The van der Waals surface area contributed by atoms with Crippen LogP contribution in [0.15, 0.2) is 60.9 Å². The molecule has 0 bridgehead atoms. The number of hydrogen-bond acceptors (Lipinski definition) is 4. The minimum Gasteiger partial charge on any atom is -0.423 e. The zero-order valence-electron chi connectivity index (χ0n) is 13.0. The van der Waals surface area contributed by atoms with E-state index < -0.39 is 5.97 Å². The van der Waals surface area contributed by atoms with Gasteiger partial charge in [0.05, 0.1) is 17.0 Å². The minimum absolute atomic E-state index is 0.405. The van der Waals surface area contributed by atoms with Crippen molar-refractivity contribution in [3.05, 3.63) is 77.6 Å². The second-order valence-corrected chi connectivity index (χ2v) is 5.28. The molecule has 3 rings (SSSR count). The van der Waals surface area contributed by atoms with Crippen LogP contribution in [0.3, 0.4) is 0 Å². The number of benzene rings is 1. The molecule has 3 aromatic rings. The molecule has 0 saturated carbocycles. The standard InChI is InChI=1S/C19H16N2O2/c1-13-6-8-16(11-14(13)2)23-19(22)15-7-9-18(21-12-15)17-5-3-4-10-20-17/h3-12H,1-2H3. The Morgan fingerprint density at radius 2 is 1.74 bits per heavy atom. The normalized spacial score (nSPS) is 10.3. The molecule has 1 aromatic carbocycles. The average Bonchev–Trinajstić information content (AvgIpc) is 2.59. The predicted molar refractivity (Wildman–Crippen MR) is 88.3 cm³/mol. The molecule has 0 aliphatic carbocycles. The van der Waals surface area contributed by atoms with Gasteiger partial charge < -0.3 is 4.74 Å². The van der Waals surface area contributed by atoms with E-state index in [2.05, 4.69) is 9.97 Å². The molecule has 4 heteroatoms. The maximum absolute atomic E-state index is 12.2. The van der Waals surface area contributed by atoms with Crippen LogP contribution in [0, 0.1) is 13.8 Å². The van der Waals surface area contributed by atoms with Gasteiger partial charge in [-0.2, -0.15) is 0 Å². The molecular formula is C19H16N2O2. The summed E-state index contributed by atoms with van der Waals surface area (Å²) >= 11 is 0. The predicted octanol–water partition coefficient (Wildman–Crippen LogP) is 3.98. The van der Waals surface area contributed by atoms with Gasteiger partial charge in [-0.3, -0.25) is 9.97 Å². The van der Waals surface area contributed by atoms with Crippen LogP contribution in [-0.4, -0.2) is 15.9 Å². The molecule has 0 aliphatic rings. The molecule has 0 saturated heterocycles. The summed E-state index contributed by atoms with van der Waals surface area (Å²) in [6.45, 7) is 4.00. The van der Waals surface area contributed by atoms with Crippen molar-refractivity contribution >= 4 is 5.97 Å². The van der Waals surface area contributed by atoms with Crippen molar-refractivity contribution in [3.63, 3.8) is 0 Å². The molecule has 2 heterocycles. The maximum Gasteiger partial charge on any atom is 0.345 e. The molecule has 2 aromatic heterocycles. The quantitative estimate of drug-likeness (QED) is 0.542. The number of ether oxygens (including phenoxy) is 1. The van der Waals surface area contributed by atoms with Crippen LogP contribution < -0.4 is 4.74 Å². The van der Waals surface area contributed by atoms with Gasteiger partial charge >= 0.3 is 5.97 Å². The Morgan fingerprint density at radius 3 is 2.39 bits per heavy atom. The van der Waals surface area contributed by atoms with Gasteiger partial charge in [-0.25, -0.2) is 4.79 Å². The molecule has 0 aliphatic heterocycles. The van der Waals surface area contributed by atoms with Gasteiger partial charge in [-0.15, -0.1) is 0 Å². The summed E-state index contributed by atoms with van der Waals surface area (Å²) in [5, 5.41) is 0. The molecule has 0 N–H and O–H groups in total. The second kappa shape index (κ2) is 6.40. The number of aromatic nitrogens is 2. The lowest BCUT2D eigenvalue weighted by molar-refractivity contribution is 0.0734. The number of aryl methyl sites for hydroxylation is 2. The summed E-state index contributed by atoms with van der Waals surface area (Å²) < 4.78 is 5.39. The van der Waals surface area contributed by atoms with Crippen molar-refractivity contribution in [1.29, 1.82) is 0 Å². The number of nitrogens with zero attached hydrogens (tertiary/aromatic N) is 2. The number of carbonyl (C=O) groups excluding carboxylic acids is 1. The molecule has 0 unspecified atom stereocenters. The fourth-order valence-corrected chi connectivity index (χ4v) is 2.12. The Bertz CT molecular complexity index is 828. The average molecular weight is 304 g/mol. The third kappa shape index (κ3) is 3.43. The lowest BCUT2D eigenvalue weighted by Gasteiger charge is -2.07. The Hall–Kier alpha value is -3.01. The van der Waals surface area contributed by atoms with Crippen molar-refractivity contribution in [3.8, 4) is 17.1 Å². The van der Waals surface area contributed by atoms with Crippen molar-refractivity contribution in [2.24, 2.45) is 0 Å². The fourth-order valence-electron chi connectivity index (χ4n) is 2.12. The Labute approximate surface area is 134 Å². The summed E-state index contributed by atoms with van der Waals surface area (Å²) in [5.74, 6) is 0.111. The van der Waals surface area contributed by atoms with Crippen molar-refractivity contribution in [1.82, 2.24) is 9.97 Å². The first-order valence-corrected chi connectivity index (χ1v) is 7.30. The van der Waals surface area contributed by atoms with Crippen LogP contribution in [-0.2, 0) is 0 Å². The molecule has 0 spiro atoms. The highest BCUT2D eigenvalue weighted by Gasteiger charge is 2.10. The zero-order chi connectivity index (χ0) is 16.2. The molecule has 0 fully saturated rings. The highest BCUT2D eigenvalue weighted by Crippen LogP contribution is 2.18. The van der Waals surface area contributed by atoms with Crippen molar-refractivity contribution in [2.75, 3.05) is 0 Å². The first kappa shape index (κ1) is 14.9. The van der Waals surface area contributed by atoms with E-state index in [1.54, 1.807) is 24.4 Å². The largest absolute Gasteiger partial charge is 0.423 e. The van der Waals surface area contributed by atoms with Crippen LogP contribution in [0.2, 0.25) is 0 Å². The number of rotatable bonds is 3. The Balaban J connectivity index is 1.76. The van der Waals surface area contributed by atoms with E-state index in [4.69, 9.17) is 4.74 Å². The van der Waals surface area contributed by atoms with Gasteiger partial charge in [0.15, 0.2) is 0 Å². The number of carbonyl (C=O) groups is 1. The van der Waals surface area contributed by atoms with E-state index in [0.29, 0.717) is 17.0 Å². The lowest BCUT2D eigenvalue weighted by atomic mass is 10.1. The van der Waals surface area contributed by atoms with Gasteiger partial charge in [0, 0.05) is 12.4 Å². The van der Waals surface area contributed by atoms with E-state index in [1.165, 1.54) is 6.20 Å². The molecule has 0 atom stereocenters. The summed E-state index contributed by atoms with van der Waals surface area (Å²) in [6.07, 6.45) is 3.21. The van der Waals surface area contributed by atoms with Crippen molar-refractivity contribution < 1.29 is 9.53 Å². The zero-order valence-corrected chi connectivity index (χ0v) is 13.0. The fraction of sp³-hybridized carbons (Fsp3) is 0.105. The van der Waals surface area contributed by atoms with Gasteiger partial charge in [-0.05, 0) is 61.4 Å². The molecule has 0 amide bonds. The van der Waals surface area contributed by atoms with Gasteiger partial charge in [0.1, 0.15) is 5.75 Å². The monoisotopic (exact) mass is 304 g/mol. The summed E-state index contributed by atoms with van der Waals surface area (Å²) in [7, 11) is 0. The molecule has 23 heavy (non-hydrogen) atoms. The van der Waals surface area contributed by atoms with E-state index in [0.717, 1.165) is 16.8 Å². The van der Waals surface area contributed by atoms with E-state index >= 15 is 0 Å². The van der Waals surface area contributed by atoms with Gasteiger partial charge in [0.25, 0.3) is 0 Å². The highest BCUT2D eigenvalue weighted by atomic mass is 16.5. The van der Waals surface area contributed by atoms with E-state index in [-0.39, 0.29) is 0 Å². The third-order valence-corrected chi connectivity index (χ3v) is 3.62. The smallest absolute Gasteiger partial charge is 0.345 e. The van der Waals surface area contributed by atoms with E-state index in [1.807, 2.05) is 44.2 Å². The second-order valence-electron chi connectivity index (χ2n) is 5.28. The first-order valence-electron chi connectivity index (χ1n) is 7.30. The van der Waals surface area contributed by atoms with Crippen LogP contribution in [0.4, 0.5) is 0 Å². The van der Waals surface area contributed by atoms with Gasteiger partial charge in [0.2, 0.25) is 0 Å². The molecular weight excluding hydrogens is 288 g/mol. The summed E-state index contributed by atoms with van der Waals surface area (Å²) in [6, 6.07) is 14.6. The SMILES string of the molecule is Cc1ccc(OC(=O)c2ccc(-c3ccccn3)nc2)cc1C. The van der Waals surface area contributed by atoms with Crippen LogP contribution >= 0.6 is 0 Å². The number of hydrogen-bond donors (Lipinski definition) is 0. The Morgan fingerprint density at radius 1 is 0.913 bits per heavy atom. The first-order chi connectivity index (χ1) is 11.1. The summed E-state index contributed by atoms with van der Waals surface area (Å²) in [5.41, 5.74) is 4.13. The van der Waals surface area contributed by atoms with Crippen LogP contribution in [0.25, 0.3) is 11.4 Å². The highest BCUT2D eigenvalue weighted by molar-refractivity contribution is 5.91. The number of pyridine rings is 2. The van der Waals surface area contributed by atoms with Crippen LogP contribution in [0.5, 0.6) is 5.75 Å². The minimum atomic E-state index is -0.423. The third-order valence-electron chi connectivity index (χ3n) is 3.62. The van der Waals surface area contributed by atoms with Crippen LogP contribution in [0.1, 0.15) is 21.5 Å². The maximum atomic E-state index is 12.2. The Kier molecular flexibility index (Phi) is 4.15. The van der Waals surface area contributed by atoms with Gasteiger partial charge in [-0.1, -0.05) is 12.1 Å². The number of esters is 1. The summed E-state index contributed by atoms with van der Waals surface area (Å²) in [4.78, 5) is 20.7.